The molecule has 1 atom stereocenters. The summed E-state index contributed by atoms with van der Waals surface area (Å²) in [5.74, 6) is 0.943. The molecule has 0 fully saturated rings. The monoisotopic (exact) mass is 269 g/mol. The third-order valence-electron chi connectivity index (χ3n) is 2.90. The van der Waals surface area contributed by atoms with Crippen LogP contribution in [0, 0.1) is 0 Å². The molecular weight excluding hydrogens is 254 g/mol. The first kappa shape index (κ1) is 11.0. The Hall–Kier alpha value is -0.540. The van der Waals surface area contributed by atoms with Crippen molar-refractivity contribution in [2.75, 3.05) is 20.2 Å². The molecule has 1 aliphatic rings. The molecule has 2 rings (SSSR count). The van der Waals surface area contributed by atoms with Crippen LogP contribution in [0.25, 0.3) is 0 Å². The van der Waals surface area contributed by atoms with Crippen LogP contribution in [0.1, 0.15) is 18.1 Å². The number of alkyl halides is 1. The molecule has 0 bridgehead atoms. The lowest BCUT2D eigenvalue weighted by atomic mass is 9.95. The van der Waals surface area contributed by atoms with E-state index >= 15 is 0 Å². The Morgan fingerprint density at radius 3 is 3.00 bits per heavy atom. The number of hydrogen-bond acceptors (Lipinski definition) is 2. The molecule has 2 nitrogen and oxygen atoms in total. The highest BCUT2D eigenvalue weighted by Crippen LogP contribution is 2.35. The molecular formula is C12H16BrNO. The molecule has 1 N–H and O–H groups in total. The average molecular weight is 270 g/mol. The molecule has 0 saturated carbocycles. The van der Waals surface area contributed by atoms with Crippen LogP contribution >= 0.6 is 15.9 Å². The molecule has 0 spiro atoms. The van der Waals surface area contributed by atoms with Crippen LogP contribution in [0.5, 0.6) is 5.75 Å². The Morgan fingerprint density at radius 1 is 1.47 bits per heavy atom. The number of benzene rings is 1. The zero-order valence-electron chi connectivity index (χ0n) is 9.14. The average Bonchev–Trinajstić information content (AvgIpc) is 2.37. The van der Waals surface area contributed by atoms with Gasteiger partial charge in [-0.05, 0) is 43.1 Å². The predicted octanol–water partition coefficient (Wildman–Crippen LogP) is 2.45. The molecule has 3 heteroatoms. The third kappa shape index (κ3) is 2.18. The molecule has 0 aliphatic carbocycles. The smallest absolute Gasteiger partial charge is 0.119 e. The molecule has 1 unspecified atom stereocenters. The normalized spacial score (nSPS) is 25.5. The summed E-state index contributed by atoms with van der Waals surface area (Å²) in [6.45, 7) is 4.20. The van der Waals surface area contributed by atoms with Gasteiger partial charge in [-0.2, -0.15) is 0 Å². The van der Waals surface area contributed by atoms with Crippen molar-refractivity contribution in [1.29, 1.82) is 0 Å². The largest absolute Gasteiger partial charge is 0.497 e. The van der Waals surface area contributed by atoms with Crippen LogP contribution in [0.4, 0.5) is 0 Å². The van der Waals surface area contributed by atoms with E-state index < -0.39 is 0 Å². The van der Waals surface area contributed by atoms with Gasteiger partial charge in [-0.25, -0.2) is 0 Å². The molecule has 0 radical (unpaired) electrons. The minimum Gasteiger partial charge on any atom is -0.497 e. The molecule has 0 aromatic heterocycles. The van der Waals surface area contributed by atoms with E-state index in [4.69, 9.17) is 4.74 Å². The van der Waals surface area contributed by atoms with Crippen molar-refractivity contribution in [3.63, 3.8) is 0 Å². The van der Waals surface area contributed by atoms with Crippen LogP contribution in [-0.2, 0) is 10.7 Å². The summed E-state index contributed by atoms with van der Waals surface area (Å²) in [6.07, 6.45) is 1.06. The van der Waals surface area contributed by atoms with E-state index in [1.54, 1.807) is 7.11 Å². The van der Waals surface area contributed by atoms with Gasteiger partial charge in [-0.1, -0.05) is 22.0 Å². The fraction of sp³-hybridized carbons (Fsp3) is 0.500. The maximum atomic E-state index is 5.25. The highest BCUT2D eigenvalue weighted by atomic mass is 79.9. The SMILES string of the molecule is COc1ccc2c(c1)CCNCC2(C)Br. The zero-order chi connectivity index (χ0) is 10.9. The van der Waals surface area contributed by atoms with E-state index in [1.165, 1.54) is 11.1 Å². The van der Waals surface area contributed by atoms with Crippen molar-refractivity contribution in [2.24, 2.45) is 0 Å². The Labute approximate surface area is 99.1 Å². The summed E-state index contributed by atoms with van der Waals surface area (Å²) in [7, 11) is 1.71. The van der Waals surface area contributed by atoms with Crippen LogP contribution in [0.15, 0.2) is 18.2 Å². The number of fused-ring (bicyclic) bond motifs is 1. The number of nitrogens with one attached hydrogen (secondary N) is 1. The van der Waals surface area contributed by atoms with Gasteiger partial charge in [0.25, 0.3) is 0 Å². The second kappa shape index (κ2) is 4.14. The van der Waals surface area contributed by atoms with Gasteiger partial charge in [-0.3, -0.25) is 0 Å². The Morgan fingerprint density at radius 2 is 2.27 bits per heavy atom. The van der Waals surface area contributed by atoms with E-state index in [9.17, 15) is 0 Å². The zero-order valence-corrected chi connectivity index (χ0v) is 10.7. The summed E-state index contributed by atoms with van der Waals surface area (Å²) in [5.41, 5.74) is 2.74. The number of methoxy groups -OCH3 is 1. The van der Waals surface area contributed by atoms with Crippen LogP contribution in [0.3, 0.4) is 0 Å². The topological polar surface area (TPSA) is 21.3 Å². The summed E-state index contributed by atoms with van der Waals surface area (Å²) in [6, 6.07) is 6.33. The summed E-state index contributed by atoms with van der Waals surface area (Å²) in [5, 5.41) is 3.43. The fourth-order valence-electron chi connectivity index (χ4n) is 2.05. The van der Waals surface area contributed by atoms with Gasteiger partial charge in [0.15, 0.2) is 0 Å². The minimum absolute atomic E-state index is 0.0328. The number of hydrogen-bond donors (Lipinski definition) is 1. The highest BCUT2D eigenvalue weighted by molar-refractivity contribution is 9.09. The summed E-state index contributed by atoms with van der Waals surface area (Å²) in [4.78, 5) is 0. The second-order valence-corrected chi connectivity index (χ2v) is 5.90. The van der Waals surface area contributed by atoms with Gasteiger partial charge in [-0.15, -0.1) is 0 Å². The Bertz CT molecular complexity index is 363. The van der Waals surface area contributed by atoms with E-state index in [0.29, 0.717) is 0 Å². The van der Waals surface area contributed by atoms with Gasteiger partial charge >= 0.3 is 0 Å². The molecule has 1 aliphatic heterocycles. The first-order valence-corrected chi connectivity index (χ1v) is 6.00. The first-order chi connectivity index (χ1) is 7.13. The predicted molar refractivity (Wildman–Crippen MR) is 65.8 cm³/mol. The number of rotatable bonds is 1. The van der Waals surface area contributed by atoms with Crippen LogP contribution < -0.4 is 10.1 Å². The molecule has 1 aromatic carbocycles. The van der Waals surface area contributed by atoms with Crippen LogP contribution in [-0.4, -0.2) is 20.2 Å². The van der Waals surface area contributed by atoms with Crippen molar-refractivity contribution in [2.45, 2.75) is 17.7 Å². The molecule has 1 aromatic rings. The minimum atomic E-state index is 0.0328. The van der Waals surface area contributed by atoms with E-state index in [2.05, 4.69) is 40.3 Å². The van der Waals surface area contributed by atoms with Crippen molar-refractivity contribution in [3.05, 3.63) is 29.3 Å². The molecule has 15 heavy (non-hydrogen) atoms. The molecule has 0 saturated heterocycles. The summed E-state index contributed by atoms with van der Waals surface area (Å²) < 4.78 is 5.29. The van der Waals surface area contributed by atoms with Gasteiger partial charge in [0.05, 0.1) is 11.4 Å². The lowest BCUT2D eigenvalue weighted by Crippen LogP contribution is -2.28. The molecule has 82 valence electrons. The number of halogens is 1. The lowest BCUT2D eigenvalue weighted by Gasteiger charge is -2.23. The van der Waals surface area contributed by atoms with E-state index in [-0.39, 0.29) is 4.32 Å². The molecule has 0 amide bonds. The number of ether oxygens (including phenoxy) is 1. The quantitative estimate of drug-likeness (QED) is 0.791. The standard InChI is InChI=1S/C12H16BrNO/c1-12(13)8-14-6-5-9-7-10(15-2)3-4-11(9)12/h3-4,7,14H,5-6,8H2,1-2H3. The third-order valence-corrected chi connectivity index (χ3v) is 3.61. The van der Waals surface area contributed by atoms with E-state index in [1.807, 2.05) is 6.07 Å². The van der Waals surface area contributed by atoms with Gasteiger partial charge in [0, 0.05) is 6.54 Å². The Kier molecular flexibility index (Phi) is 3.03. The molecule has 1 heterocycles. The second-order valence-electron chi connectivity index (χ2n) is 4.15. The van der Waals surface area contributed by atoms with E-state index in [0.717, 1.165) is 25.3 Å². The maximum Gasteiger partial charge on any atom is 0.119 e. The van der Waals surface area contributed by atoms with Gasteiger partial charge < -0.3 is 10.1 Å². The Balaban J connectivity index is 2.46. The fourth-order valence-corrected chi connectivity index (χ4v) is 2.64. The first-order valence-electron chi connectivity index (χ1n) is 5.20. The van der Waals surface area contributed by atoms with Crippen molar-refractivity contribution in [3.8, 4) is 5.75 Å². The lowest BCUT2D eigenvalue weighted by molar-refractivity contribution is 0.414. The van der Waals surface area contributed by atoms with Crippen molar-refractivity contribution >= 4 is 15.9 Å². The van der Waals surface area contributed by atoms with Crippen molar-refractivity contribution < 1.29 is 4.74 Å². The summed E-state index contributed by atoms with van der Waals surface area (Å²) >= 11 is 3.78. The van der Waals surface area contributed by atoms with Gasteiger partial charge in [0.2, 0.25) is 0 Å². The maximum absolute atomic E-state index is 5.25. The van der Waals surface area contributed by atoms with Crippen LogP contribution in [0.2, 0.25) is 0 Å². The van der Waals surface area contributed by atoms with Gasteiger partial charge in [0.1, 0.15) is 5.75 Å². The van der Waals surface area contributed by atoms with Crippen molar-refractivity contribution in [1.82, 2.24) is 5.32 Å². The highest BCUT2D eigenvalue weighted by Gasteiger charge is 2.27.